The lowest BCUT2D eigenvalue weighted by atomic mass is 10.2. The van der Waals surface area contributed by atoms with E-state index in [1.165, 1.54) is 12.3 Å². The first-order chi connectivity index (χ1) is 11.5. The Labute approximate surface area is 133 Å². The van der Waals surface area contributed by atoms with Crippen molar-refractivity contribution in [3.63, 3.8) is 0 Å². The highest BCUT2D eigenvalue weighted by molar-refractivity contribution is 5.87. The number of nitrogens with zero attached hydrogens (tertiary/aromatic N) is 3. The predicted octanol–water partition coefficient (Wildman–Crippen LogP) is 4.31. The second-order valence-electron chi connectivity index (χ2n) is 5.62. The largest absolute Gasteiger partial charge is 0.415 e. The predicted molar refractivity (Wildman–Crippen MR) is 77.8 cm³/mol. The van der Waals surface area contributed by atoms with Gasteiger partial charge in [0.1, 0.15) is 0 Å². The van der Waals surface area contributed by atoms with Gasteiger partial charge in [0, 0.05) is 29.1 Å². The van der Waals surface area contributed by atoms with Crippen LogP contribution in [0.1, 0.15) is 18.9 Å². The molecular weight excluding hydrogens is 326 g/mol. The van der Waals surface area contributed by atoms with Gasteiger partial charge >= 0.3 is 6.61 Å². The molecule has 24 heavy (non-hydrogen) atoms. The summed E-state index contributed by atoms with van der Waals surface area (Å²) >= 11 is 0. The van der Waals surface area contributed by atoms with Gasteiger partial charge in [-0.15, -0.1) is 5.10 Å². The van der Waals surface area contributed by atoms with Gasteiger partial charge in [-0.2, -0.15) is 13.9 Å². The summed E-state index contributed by atoms with van der Waals surface area (Å²) in [6.07, 6.45) is 3.22. The summed E-state index contributed by atoms with van der Waals surface area (Å²) in [5.41, 5.74) is 1.68. The van der Waals surface area contributed by atoms with E-state index < -0.39 is 18.2 Å². The Morgan fingerprint density at radius 3 is 2.54 bits per heavy atom. The van der Waals surface area contributed by atoms with E-state index in [2.05, 4.69) is 14.9 Å². The Morgan fingerprint density at radius 2 is 1.83 bits per heavy atom. The molecule has 8 heteroatoms. The Bertz CT molecular complexity index is 921. The van der Waals surface area contributed by atoms with E-state index in [0.29, 0.717) is 22.2 Å². The van der Waals surface area contributed by atoms with E-state index in [0.717, 1.165) is 25.0 Å². The smallest absolute Gasteiger partial charge is 0.388 e. The van der Waals surface area contributed by atoms with E-state index in [1.54, 1.807) is 6.07 Å². The van der Waals surface area contributed by atoms with Crippen molar-refractivity contribution in [1.82, 2.24) is 14.8 Å². The number of hydrogen-bond acceptors (Lipinski definition) is 3. The van der Waals surface area contributed by atoms with E-state index in [9.17, 15) is 17.6 Å². The van der Waals surface area contributed by atoms with E-state index in [1.807, 2.05) is 4.57 Å². The maximum atomic E-state index is 13.6. The molecule has 1 aromatic carbocycles. The third-order valence-corrected chi connectivity index (χ3v) is 3.93. The number of hydrogen-bond donors (Lipinski definition) is 0. The quantitative estimate of drug-likeness (QED) is 0.666. The summed E-state index contributed by atoms with van der Waals surface area (Å²) in [4.78, 5) is 0. The molecule has 0 spiro atoms. The molecule has 0 saturated heterocycles. The lowest BCUT2D eigenvalue weighted by molar-refractivity contribution is -0.0533. The van der Waals surface area contributed by atoms with Crippen LogP contribution < -0.4 is 4.74 Å². The molecule has 1 saturated carbocycles. The fourth-order valence-corrected chi connectivity index (χ4v) is 2.81. The minimum absolute atomic E-state index is 0.162. The molecule has 1 aliphatic carbocycles. The van der Waals surface area contributed by atoms with Crippen molar-refractivity contribution >= 4 is 10.9 Å². The fraction of sp³-hybridized carbons (Fsp3) is 0.250. The first-order valence-electron chi connectivity index (χ1n) is 7.31. The lowest BCUT2D eigenvalue weighted by Crippen LogP contribution is -2.05. The van der Waals surface area contributed by atoms with Crippen LogP contribution in [0.3, 0.4) is 0 Å². The first-order valence-corrected chi connectivity index (χ1v) is 7.31. The van der Waals surface area contributed by atoms with Gasteiger partial charge in [0.2, 0.25) is 5.88 Å². The van der Waals surface area contributed by atoms with Crippen LogP contribution in [-0.4, -0.2) is 21.4 Å². The third kappa shape index (κ3) is 2.57. The summed E-state index contributed by atoms with van der Waals surface area (Å²) < 4.78 is 58.0. The topological polar surface area (TPSA) is 39.9 Å². The highest BCUT2D eigenvalue weighted by atomic mass is 19.3. The van der Waals surface area contributed by atoms with Crippen molar-refractivity contribution in [2.75, 3.05) is 0 Å². The zero-order valence-corrected chi connectivity index (χ0v) is 12.2. The molecule has 1 fully saturated rings. The Balaban J connectivity index is 1.88. The van der Waals surface area contributed by atoms with Crippen LogP contribution in [0.25, 0.3) is 22.2 Å². The molecule has 3 aromatic rings. The van der Waals surface area contributed by atoms with Crippen LogP contribution in [0, 0.1) is 11.6 Å². The normalized spacial score (nSPS) is 14.5. The first kappa shape index (κ1) is 14.9. The number of benzene rings is 1. The highest BCUT2D eigenvalue weighted by Gasteiger charge is 2.28. The lowest BCUT2D eigenvalue weighted by Gasteiger charge is -2.10. The molecule has 0 aliphatic heterocycles. The molecule has 124 valence electrons. The van der Waals surface area contributed by atoms with Crippen molar-refractivity contribution in [3.05, 3.63) is 42.1 Å². The van der Waals surface area contributed by atoms with Crippen LogP contribution >= 0.6 is 0 Å². The van der Waals surface area contributed by atoms with Gasteiger partial charge in [0.25, 0.3) is 0 Å². The van der Waals surface area contributed by atoms with Gasteiger partial charge in [-0.25, -0.2) is 8.78 Å². The van der Waals surface area contributed by atoms with Gasteiger partial charge in [0.15, 0.2) is 11.6 Å². The standard InChI is InChI=1S/C16H11F4N3O/c17-11-3-8-4-13(9-5-15(22-21-7-9)24-16(19)20)23(10-1-2-10)14(8)6-12(11)18/h3-7,10,16H,1-2H2. The van der Waals surface area contributed by atoms with Crippen molar-refractivity contribution in [1.29, 1.82) is 0 Å². The molecule has 0 N–H and O–H groups in total. The Morgan fingerprint density at radius 1 is 1.08 bits per heavy atom. The molecule has 0 atom stereocenters. The molecule has 0 radical (unpaired) electrons. The van der Waals surface area contributed by atoms with Crippen molar-refractivity contribution < 1.29 is 22.3 Å². The average molecular weight is 337 g/mol. The summed E-state index contributed by atoms with van der Waals surface area (Å²) in [7, 11) is 0. The highest BCUT2D eigenvalue weighted by Crippen LogP contribution is 2.43. The number of fused-ring (bicyclic) bond motifs is 1. The molecular formula is C16H11F4N3O. The minimum atomic E-state index is -3.01. The molecule has 1 aliphatic rings. The summed E-state index contributed by atoms with van der Waals surface area (Å²) in [6, 6.07) is 5.45. The van der Waals surface area contributed by atoms with Gasteiger partial charge in [-0.05, 0) is 25.0 Å². The van der Waals surface area contributed by atoms with Crippen LogP contribution in [0.5, 0.6) is 5.88 Å². The zero-order chi connectivity index (χ0) is 16.8. The van der Waals surface area contributed by atoms with Crippen LogP contribution in [0.4, 0.5) is 17.6 Å². The molecule has 4 nitrogen and oxygen atoms in total. The summed E-state index contributed by atoms with van der Waals surface area (Å²) in [5, 5.41) is 7.70. The van der Waals surface area contributed by atoms with E-state index in [-0.39, 0.29) is 11.9 Å². The molecule has 2 aromatic heterocycles. The minimum Gasteiger partial charge on any atom is -0.415 e. The van der Waals surface area contributed by atoms with E-state index >= 15 is 0 Å². The number of alkyl halides is 2. The van der Waals surface area contributed by atoms with Crippen LogP contribution in [-0.2, 0) is 0 Å². The molecule has 0 amide bonds. The number of aromatic nitrogens is 3. The summed E-state index contributed by atoms with van der Waals surface area (Å²) in [6.45, 7) is -3.01. The van der Waals surface area contributed by atoms with Crippen LogP contribution in [0.2, 0.25) is 0 Å². The van der Waals surface area contributed by atoms with Gasteiger partial charge in [-0.1, -0.05) is 0 Å². The third-order valence-electron chi connectivity index (χ3n) is 3.93. The second kappa shape index (κ2) is 5.47. The van der Waals surface area contributed by atoms with Crippen LogP contribution in [0.15, 0.2) is 30.5 Å². The maximum absolute atomic E-state index is 13.6. The molecule has 0 bridgehead atoms. The van der Waals surface area contributed by atoms with E-state index in [4.69, 9.17) is 0 Å². The van der Waals surface area contributed by atoms with Gasteiger partial charge < -0.3 is 9.30 Å². The molecule has 0 unspecified atom stereocenters. The second-order valence-corrected chi connectivity index (χ2v) is 5.62. The van der Waals surface area contributed by atoms with Crippen molar-refractivity contribution in [3.8, 4) is 17.1 Å². The SMILES string of the molecule is Fc1cc2cc(-c3cnnc(OC(F)F)c3)n(C3CC3)c2cc1F. The maximum Gasteiger partial charge on any atom is 0.388 e. The van der Waals surface area contributed by atoms with Gasteiger partial charge in [0.05, 0.1) is 17.4 Å². The Kier molecular flexibility index (Phi) is 3.40. The Hall–Kier alpha value is -2.64. The number of ether oxygens (including phenoxy) is 1. The number of halogens is 4. The van der Waals surface area contributed by atoms with Crippen molar-refractivity contribution in [2.24, 2.45) is 0 Å². The monoisotopic (exact) mass is 337 g/mol. The van der Waals surface area contributed by atoms with Gasteiger partial charge in [-0.3, -0.25) is 0 Å². The molecule has 2 heterocycles. The number of rotatable bonds is 4. The van der Waals surface area contributed by atoms with Crippen molar-refractivity contribution in [2.45, 2.75) is 25.5 Å². The zero-order valence-electron chi connectivity index (χ0n) is 12.2. The fourth-order valence-electron chi connectivity index (χ4n) is 2.81. The molecule has 4 rings (SSSR count). The summed E-state index contributed by atoms with van der Waals surface area (Å²) in [5.74, 6) is -2.17. The average Bonchev–Trinajstić information content (AvgIpc) is 3.30.